The van der Waals surface area contributed by atoms with Crippen LogP contribution in [0.2, 0.25) is 0 Å². The summed E-state index contributed by atoms with van der Waals surface area (Å²) in [5.41, 5.74) is 0.337. The van der Waals surface area contributed by atoms with Gasteiger partial charge in [0.15, 0.2) is 22.9 Å². The predicted octanol–water partition coefficient (Wildman–Crippen LogP) is 3.88. The molecule has 10 heteroatoms. The number of amides is 1. The van der Waals surface area contributed by atoms with Crippen LogP contribution < -0.4 is 4.74 Å². The maximum Gasteiger partial charge on any atom is 0.290 e. The van der Waals surface area contributed by atoms with Gasteiger partial charge in [0.05, 0.1) is 23.6 Å². The fourth-order valence-electron chi connectivity index (χ4n) is 4.27. The second-order valence-corrected chi connectivity index (χ2v) is 8.49. The van der Waals surface area contributed by atoms with Gasteiger partial charge < -0.3 is 24.1 Å². The number of ketones is 1. The molecule has 1 aromatic heterocycles. The first-order chi connectivity index (χ1) is 16.7. The number of fused-ring (bicyclic) bond motifs is 1. The lowest BCUT2D eigenvalue weighted by molar-refractivity contribution is -0.384. The van der Waals surface area contributed by atoms with E-state index in [1.807, 2.05) is 19.0 Å². The topological polar surface area (TPSA) is 126 Å². The number of aliphatic hydroxyl groups excluding tert-OH is 1. The van der Waals surface area contributed by atoms with Crippen LogP contribution in [0.4, 0.5) is 5.69 Å². The smallest absolute Gasteiger partial charge is 0.290 e. The molecule has 182 valence electrons. The van der Waals surface area contributed by atoms with Crippen molar-refractivity contribution in [2.75, 3.05) is 34.3 Å². The predicted molar refractivity (Wildman–Crippen MR) is 127 cm³/mol. The summed E-state index contributed by atoms with van der Waals surface area (Å²) >= 11 is 0. The molecule has 4 rings (SSSR count). The van der Waals surface area contributed by atoms with Crippen LogP contribution >= 0.6 is 0 Å². The molecule has 1 amide bonds. The van der Waals surface area contributed by atoms with Crippen molar-refractivity contribution in [3.63, 3.8) is 0 Å². The molecule has 1 aliphatic rings. The highest BCUT2D eigenvalue weighted by molar-refractivity contribution is 6.16. The number of ether oxygens (including phenoxy) is 1. The van der Waals surface area contributed by atoms with E-state index in [0.29, 0.717) is 35.2 Å². The molecule has 0 spiro atoms. The molecule has 1 N–H and O–H groups in total. The van der Waals surface area contributed by atoms with Crippen molar-refractivity contribution in [3.8, 4) is 5.75 Å². The van der Waals surface area contributed by atoms with Crippen LogP contribution in [0.15, 0.2) is 64.3 Å². The first-order valence-corrected chi connectivity index (χ1v) is 11.0. The van der Waals surface area contributed by atoms with E-state index in [-0.39, 0.29) is 23.6 Å². The molecule has 0 aliphatic carbocycles. The third-order valence-corrected chi connectivity index (χ3v) is 5.90. The largest absolute Gasteiger partial charge is 0.503 e. The molecule has 1 aliphatic heterocycles. The molecule has 35 heavy (non-hydrogen) atoms. The molecule has 1 unspecified atom stereocenters. The van der Waals surface area contributed by atoms with E-state index in [2.05, 4.69) is 0 Å². The van der Waals surface area contributed by atoms with Gasteiger partial charge in [0, 0.05) is 24.1 Å². The quantitative estimate of drug-likeness (QED) is 0.278. The molecule has 0 fully saturated rings. The molecular weight excluding hydrogens is 454 g/mol. The number of non-ortho nitro benzene ring substituents is 1. The van der Waals surface area contributed by atoms with E-state index >= 15 is 0 Å². The monoisotopic (exact) mass is 479 g/mol. The van der Waals surface area contributed by atoms with E-state index in [1.54, 1.807) is 24.3 Å². The van der Waals surface area contributed by atoms with Crippen LogP contribution in [-0.4, -0.2) is 65.8 Å². The Hall–Kier alpha value is -4.18. The maximum absolute atomic E-state index is 13.6. The zero-order chi connectivity index (χ0) is 25.3. The van der Waals surface area contributed by atoms with E-state index in [1.165, 1.54) is 36.3 Å². The van der Waals surface area contributed by atoms with Gasteiger partial charge in [-0.1, -0.05) is 24.3 Å². The highest BCUT2D eigenvalue weighted by atomic mass is 16.6. The SMILES string of the molecule is COc1cccc2cc(C(=O)C3=C(O)C(=O)N(CCCN(C)C)C3c3cccc([N+](=O)[O-])c3)oc12. The zero-order valence-corrected chi connectivity index (χ0v) is 19.6. The van der Waals surface area contributed by atoms with Crippen LogP contribution in [0.1, 0.15) is 28.6 Å². The minimum Gasteiger partial charge on any atom is -0.503 e. The van der Waals surface area contributed by atoms with Crippen molar-refractivity contribution in [3.05, 3.63) is 81.3 Å². The van der Waals surface area contributed by atoms with Crippen molar-refractivity contribution in [2.24, 2.45) is 0 Å². The summed E-state index contributed by atoms with van der Waals surface area (Å²) in [5, 5.41) is 22.8. The average molecular weight is 479 g/mol. The van der Waals surface area contributed by atoms with E-state index in [9.17, 15) is 24.8 Å². The lowest BCUT2D eigenvalue weighted by atomic mass is 9.94. The highest BCUT2D eigenvalue weighted by Gasteiger charge is 2.44. The van der Waals surface area contributed by atoms with E-state index in [4.69, 9.17) is 9.15 Å². The van der Waals surface area contributed by atoms with Crippen molar-refractivity contribution < 1.29 is 28.8 Å². The van der Waals surface area contributed by atoms with Crippen LogP contribution in [0.25, 0.3) is 11.0 Å². The molecule has 10 nitrogen and oxygen atoms in total. The lowest BCUT2D eigenvalue weighted by Crippen LogP contribution is -2.33. The Bertz CT molecular complexity index is 1340. The zero-order valence-electron chi connectivity index (χ0n) is 19.6. The van der Waals surface area contributed by atoms with Gasteiger partial charge in [-0.3, -0.25) is 19.7 Å². The van der Waals surface area contributed by atoms with Gasteiger partial charge in [-0.25, -0.2) is 0 Å². The Balaban J connectivity index is 1.79. The molecule has 0 saturated carbocycles. The third-order valence-electron chi connectivity index (χ3n) is 5.90. The van der Waals surface area contributed by atoms with Gasteiger partial charge >= 0.3 is 0 Å². The van der Waals surface area contributed by atoms with Crippen molar-refractivity contribution >= 4 is 28.3 Å². The Kier molecular flexibility index (Phi) is 6.57. The number of nitro groups is 1. The number of hydrogen-bond acceptors (Lipinski definition) is 8. The molecular formula is C25H25N3O7. The Morgan fingerprint density at radius 1 is 1.23 bits per heavy atom. The normalized spacial score (nSPS) is 15.9. The third kappa shape index (κ3) is 4.47. The van der Waals surface area contributed by atoms with Crippen LogP contribution in [0.5, 0.6) is 5.75 Å². The first kappa shape index (κ1) is 24.0. The molecule has 0 saturated heterocycles. The second kappa shape index (κ2) is 9.59. The van der Waals surface area contributed by atoms with Gasteiger partial charge in [-0.2, -0.15) is 0 Å². The van der Waals surface area contributed by atoms with Gasteiger partial charge in [0.2, 0.25) is 5.78 Å². The van der Waals surface area contributed by atoms with Crippen molar-refractivity contribution in [2.45, 2.75) is 12.5 Å². The number of nitro benzene ring substituents is 1. The number of methoxy groups -OCH3 is 1. The number of carbonyl (C=O) groups excluding carboxylic acids is 2. The summed E-state index contributed by atoms with van der Waals surface area (Å²) < 4.78 is 11.1. The highest BCUT2D eigenvalue weighted by Crippen LogP contribution is 2.41. The average Bonchev–Trinajstić information content (AvgIpc) is 3.38. The number of rotatable bonds is 9. The Morgan fingerprint density at radius 3 is 2.66 bits per heavy atom. The van der Waals surface area contributed by atoms with Gasteiger partial charge in [-0.15, -0.1) is 0 Å². The Labute approximate surface area is 201 Å². The molecule has 1 atom stereocenters. The fourth-order valence-corrected chi connectivity index (χ4v) is 4.27. The number of furan rings is 1. The van der Waals surface area contributed by atoms with E-state index < -0.39 is 28.4 Å². The number of Topliss-reactive ketones (excluding diaryl/α,β-unsaturated/α-hetero) is 1. The minimum absolute atomic E-state index is 0.0792. The number of hydrogen-bond donors (Lipinski definition) is 1. The fraction of sp³-hybridized carbons (Fsp3) is 0.280. The molecule has 0 bridgehead atoms. The summed E-state index contributed by atoms with van der Waals surface area (Å²) in [7, 11) is 5.27. The molecule has 2 aromatic carbocycles. The van der Waals surface area contributed by atoms with Gasteiger partial charge in [-0.05, 0) is 44.8 Å². The number of benzene rings is 2. The number of para-hydroxylation sites is 1. The van der Waals surface area contributed by atoms with Crippen LogP contribution in [0, 0.1) is 10.1 Å². The maximum atomic E-state index is 13.6. The van der Waals surface area contributed by atoms with Gasteiger partial charge in [0.25, 0.3) is 11.6 Å². The number of carbonyl (C=O) groups is 2. The first-order valence-electron chi connectivity index (χ1n) is 11.0. The summed E-state index contributed by atoms with van der Waals surface area (Å²) in [6, 6.07) is 11.4. The van der Waals surface area contributed by atoms with Crippen molar-refractivity contribution in [1.82, 2.24) is 9.80 Å². The molecule has 3 aromatic rings. The summed E-state index contributed by atoms with van der Waals surface area (Å²) in [6.45, 7) is 0.901. The van der Waals surface area contributed by atoms with Crippen LogP contribution in [0.3, 0.4) is 0 Å². The second-order valence-electron chi connectivity index (χ2n) is 8.49. The van der Waals surface area contributed by atoms with Crippen molar-refractivity contribution in [1.29, 1.82) is 0 Å². The number of aliphatic hydroxyl groups is 1. The van der Waals surface area contributed by atoms with E-state index in [0.717, 1.165) is 0 Å². The number of nitrogens with zero attached hydrogens (tertiary/aromatic N) is 3. The Morgan fingerprint density at radius 2 is 1.97 bits per heavy atom. The molecule has 0 radical (unpaired) electrons. The minimum atomic E-state index is -1.01. The summed E-state index contributed by atoms with van der Waals surface area (Å²) in [4.78, 5) is 40.9. The lowest BCUT2D eigenvalue weighted by Gasteiger charge is -2.27. The standard InChI is InChI=1S/C25H25N3O7/c1-26(2)11-6-12-27-21(15-7-4-9-17(13-15)28(32)33)20(23(30)25(27)31)22(29)19-14-16-8-5-10-18(34-3)24(16)35-19/h4-5,7-10,13-14,21,30H,6,11-12H2,1-3H3. The summed E-state index contributed by atoms with van der Waals surface area (Å²) in [6.07, 6.45) is 0.570. The molecule has 2 heterocycles. The summed E-state index contributed by atoms with van der Waals surface area (Å²) in [5.74, 6) is -1.73. The van der Waals surface area contributed by atoms with Gasteiger partial charge in [0.1, 0.15) is 0 Å². The van der Waals surface area contributed by atoms with Crippen LogP contribution in [-0.2, 0) is 4.79 Å².